The van der Waals surface area contributed by atoms with Crippen LogP contribution in [-0.4, -0.2) is 68.7 Å². The van der Waals surface area contributed by atoms with Gasteiger partial charge in [-0.05, 0) is 100 Å². The predicted octanol–water partition coefficient (Wildman–Crippen LogP) is -0.772. The number of carbonyl (C=O) groups excluding carboxylic acids is 1. The fraction of sp³-hybridized carbons (Fsp3) is 0.889. The van der Waals surface area contributed by atoms with E-state index in [-0.39, 0.29) is 72.9 Å². The first kappa shape index (κ1) is 32.6. The Hall–Kier alpha value is 0.120. The molecule has 10 atom stereocenters. The van der Waals surface area contributed by atoms with E-state index in [9.17, 15) is 38.2 Å². The maximum absolute atomic E-state index is 13.3. The molecule has 4 aliphatic rings. The van der Waals surface area contributed by atoms with Crippen LogP contribution in [0, 0.1) is 34.5 Å². The van der Waals surface area contributed by atoms with Gasteiger partial charge >= 0.3 is 29.6 Å². The molecule has 2 unspecified atom stereocenters. The standard InChI is InChI=1S/C27H44O9S.Na/c1-15(23(36-37(33,34)35)8-9-24(2,3)31)16-7-11-27(32)18-12-20(28)19-13-21(29)22(30)14-25(19,4)17(18)6-10-26(16,27)5;/h12,15-17,19,21-23,29-32H,6-11,13-14H2,1-5H3,(H,33,34,35);/q;+1/p-1/t15-,16+,17?,19-,21+,22-,23?,25+,26+,27+;/m0./s1. The van der Waals surface area contributed by atoms with E-state index in [0.717, 1.165) is 0 Å². The largest absolute Gasteiger partial charge is 1.00 e. The molecule has 3 fully saturated rings. The van der Waals surface area contributed by atoms with Crippen LogP contribution in [0.4, 0.5) is 0 Å². The first-order valence-electron chi connectivity index (χ1n) is 13.5. The van der Waals surface area contributed by atoms with Gasteiger partial charge in [-0.25, -0.2) is 8.42 Å². The van der Waals surface area contributed by atoms with E-state index in [1.807, 2.05) is 20.8 Å². The van der Waals surface area contributed by atoms with Crippen molar-refractivity contribution < 1.29 is 71.9 Å². The van der Waals surface area contributed by atoms with Gasteiger partial charge in [0.2, 0.25) is 10.4 Å². The zero-order valence-electron chi connectivity index (χ0n) is 23.5. The van der Waals surface area contributed by atoms with Crippen molar-refractivity contribution in [3.05, 3.63) is 11.6 Å². The molecule has 4 N–H and O–H groups in total. The Morgan fingerprint density at radius 1 is 1.16 bits per heavy atom. The number of carbonyl (C=O) groups is 1. The molecule has 4 rings (SSSR count). The van der Waals surface area contributed by atoms with Gasteiger partial charge in [-0.2, -0.15) is 0 Å². The SMILES string of the molecule is C[C@H](C(CCC(C)(C)O)OS(=O)(=O)[O-])[C@H]1CC[C@@]2(O)C3=CC(=O)[C@@H]4C[C@@H](O)[C@@H](O)C[C@]4(C)C3CC[C@]12C.[Na+]. The Kier molecular flexibility index (Phi) is 9.23. The van der Waals surface area contributed by atoms with Gasteiger partial charge in [0.05, 0.1) is 29.5 Å². The first-order chi connectivity index (χ1) is 16.8. The molecule has 0 saturated heterocycles. The van der Waals surface area contributed by atoms with Gasteiger partial charge in [-0.1, -0.05) is 20.8 Å². The molecule has 0 radical (unpaired) electrons. The molecule has 0 amide bonds. The van der Waals surface area contributed by atoms with E-state index >= 15 is 0 Å². The minimum Gasteiger partial charge on any atom is -0.726 e. The third-order valence-electron chi connectivity index (χ3n) is 10.7. The second-order valence-electron chi connectivity index (χ2n) is 13.4. The second kappa shape index (κ2) is 10.7. The molecule has 0 bridgehead atoms. The van der Waals surface area contributed by atoms with Crippen LogP contribution in [0.3, 0.4) is 0 Å². The van der Waals surface area contributed by atoms with E-state index < -0.39 is 62.6 Å². The topological polar surface area (TPSA) is 164 Å². The van der Waals surface area contributed by atoms with Crippen LogP contribution >= 0.6 is 0 Å². The summed E-state index contributed by atoms with van der Waals surface area (Å²) in [5, 5.41) is 43.2. The molecule has 212 valence electrons. The zero-order chi connectivity index (χ0) is 27.8. The summed E-state index contributed by atoms with van der Waals surface area (Å²) < 4.78 is 39.7. The first-order valence-corrected chi connectivity index (χ1v) is 14.9. The smallest absolute Gasteiger partial charge is 0.726 e. The van der Waals surface area contributed by atoms with Gasteiger partial charge in [0, 0.05) is 11.3 Å². The molecular formula is C27H43NaO9S. The van der Waals surface area contributed by atoms with Gasteiger partial charge in [0.1, 0.15) is 0 Å². The zero-order valence-corrected chi connectivity index (χ0v) is 26.3. The quantitative estimate of drug-likeness (QED) is 0.176. The molecule has 4 aliphatic carbocycles. The summed E-state index contributed by atoms with van der Waals surface area (Å²) in [7, 11) is -4.98. The van der Waals surface area contributed by atoms with Crippen molar-refractivity contribution in [2.75, 3.05) is 0 Å². The molecule has 38 heavy (non-hydrogen) atoms. The number of hydrogen-bond acceptors (Lipinski definition) is 9. The maximum Gasteiger partial charge on any atom is 1.00 e. The van der Waals surface area contributed by atoms with Gasteiger partial charge in [-0.3, -0.25) is 8.98 Å². The number of aliphatic hydroxyl groups excluding tert-OH is 2. The van der Waals surface area contributed by atoms with Crippen LogP contribution in [0.1, 0.15) is 86.0 Å². The summed E-state index contributed by atoms with van der Waals surface area (Å²) in [4.78, 5) is 13.3. The van der Waals surface area contributed by atoms with Crippen molar-refractivity contribution >= 4 is 16.2 Å². The fourth-order valence-corrected chi connectivity index (χ4v) is 9.13. The Bertz CT molecular complexity index is 1060. The predicted molar refractivity (Wildman–Crippen MR) is 134 cm³/mol. The minimum atomic E-state index is -4.98. The summed E-state index contributed by atoms with van der Waals surface area (Å²) in [6.45, 7) is 9.03. The summed E-state index contributed by atoms with van der Waals surface area (Å²) >= 11 is 0. The van der Waals surface area contributed by atoms with Crippen LogP contribution in [0.25, 0.3) is 0 Å². The molecule has 3 saturated carbocycles. The monoisotopic (exact) mass is 566 g/mol. The Labute approximate surface area is 248 Å². The van der Waals surface area contributed by atoms with Crippen molar-refractivity contribution in [2.45, 2.75) is 115 Å². The molecule has 0 aliphatic heterocycles. The van der Waals surface area contributed by atoms with Crippen LogP contribution in [0.15, 0.2) is 11.6 Å². The average molecular weight is 567 g/mol. The number of hydrogen-bond donors (Lipinski definition) is 4. The van der Waals surface area contributed by atoms with Crippen molar-refractivity contribution in [2.24, 2.45) is 34.5 Å². The Balaban J connectivity index is 0.00000400. The molecule has 0 aromatic carbocycles. The molecule has 0 spiro atoms. The average Bonchev–Trinajstić information content (AvgIpc) is 3.03. The third-order valence-corrected chi connectivity index (χ3v) is 11.2. The fourth-order valence-electron chi connectivity index (χ4n) is 8.56. The van der Waals surface area contributed by atoms with E-state index in [4.69, 9.17) is 4.18 Å². The van der Waals surface area contributed by atoms with Crippen LogP contribution < -0.4 is 29.6 Å². The maximum atomic E-state index is 13.3. The number of ketones is 1. The van der Waals surface area contributed by atoms with E-state index in [1.54, 1.807) is 19.9 Å². The molecule has 9 nitrogen and oxygen atoms in total. The van der Waals surface area contributed by atoms with E-state index in [2.05, 4.69) is 0 Å². The summed E-state index contributed by atoms with van der Waals surface area (Å²) in [5.74, 6) is -1.25. The number of fused-ring (bicyclic) bond motifs is 5. The number of allylic oxidation sites excluding steroid dienone is 1. The molecule has 11 heteroatoms. The summed E-state index contributed by atoms with van der Waals surface area (Å²) in [6, 6.07) is 0. The van der Waals surface area contributed by atoms with Crippen molar-refractivity contribution in [3.63, 3.8) is 0 Å². The number of rotatable bonds is 7. The molecular weight excluding hydrogens is 523 g/mol. The second-order valence-corrected chi connectivity index (χ2v) is 14.4. The van der Waals surface area contributed by atoms with Crippen LogP contribution in [0.2, 0.25) is 0 Å². The normalized spacial score (nSPS) is 42.7. The van der Waals surface area contributed by atoms with Gasteiger partial charge < -0.3 is 25.0 Å². The molecule has 0 heterocycles. The minimum absolute atomic E-state index is 0. The Morgan fingerprint density at radius 2 is 1.79 bits per heavy atom. The number of aliphatic hydroxyl groups is 4. The van der Waals surface area contributed by atoms with Crippen molar-refractivity contribution in [1.29, 1.82) is 0 Å². The third kappa shape index (κ3) is 5.61. The van der Waals surface area contributed by atoms with E-state index in [0.29, 0.717) is 31.3 Å². The van der Waals surface area contributed by atoms with E-state index in [1.165, 1.54) is 0 Å². The molecule has 0 aromatic heterocycles. The van der Waals surface area contributed by atoms with Crippen LogP contribution in [-0.2, 0) is 19.4 Å². The van der Waals surface area contributed by atoms with Crippen molar-refractivity contribution in [1.82, 2.24) is 0 Å². The summed E-state index contributed by atoms with van der Waals surface area (Å²) in [6.07, 6.45) is 1.93. The van der Waals surface area contributed by atoms with Gasteiger partial charge in [0.25, 0.3) is 0 Å². The van der Waals surface area contributed by atoms with Crippen molar-refractivity contribution in [3.8, 4) is 0 Å². The van der Waals surface area contributed by atoms with Crippen LogP contribution in [0.5, 0.6) is 0 Å². The molecule has 0 aromatic rings. The van der Waals surface area contributed by atoms with Gasteiger partial charge in [0.15, 0.2) is 5.78 Å². The summed E-state index contributed by atoms with van der Waals surface area (Å²) in [5.41, 5.74) is -2.93. The van der Waals surface area contributed by atoms with Gasteiger partial charge in [-0.15, -0.1) is 0 Å². The Morgan fingerprint density at radius 3 is 2.37 bits per heavy atom.